The fourth-order valence-corrected chi connectivity index (χ4v) is 2.36. The minimum absolute atomic E-state index is 0.781. The third-order valence-corrected chi connectivity index (χ3v) is 3.44. The molecule has 0 aliphatic carbocycles. The van der Waals surface area contributed by atoms with Crippen molar-refractivity contribution < 1.29 is 0 Å². The van der Waals surface area contributed by atoms with Gasteiger partial charge in [-0.05, 0) is 32.8 Å². The second-order valence-electron chi connectivity index (χ2n) is 5.10. The summed E-state index contributed by atoms with van der Waals surface area (Å²) in [5, 5.41) is 3.35. The number of rotatable bonds is 5. The molecule has 0 aliphatic heterocycles. The normalized spacial score (nSPS) is 10.6. The van der Waals surface area contributed by atoms with Crippen molar-refractivity contribution in [3.63, 3.8) is 0 Å². The van der Waals surface area contributed by atoms with Gasteiger partial charge in [-0.1, -0.05) is 36.8 Å². The number of anilines is 1. The first-order chi connectivity index (χ1) is 9.63. The number of aromatic nitrogens is 2. The maximum Gasteiger partial charge on any atom is 0.135 e. The Hall–Kier alpha value is -1.90. The standard InChI is InChI=1S/C17H23N3/c1-5-15-13(4)19-16(20-17(15)18-6-2)11-14-9-7-12(3)8-10-14/h7-10H,5-6,11H2,1-4H3,(H,18,19,20). The molecular formula is C17H23N3. The average molecular weight is 269 g/mol. The Balaban J connectivity index is 2.30. The first-order valence-corrected chi connectivity index (χ1v) is 7.29. The number of benzene rings is 1. The summed E-state index contributed by atoms with van der Waals surface area (Å²) in [6, 6.07) is 8.56. The molecule has 1 N–H and O–H groups in total. The number of hydrogen-bond donors (Lipinski definition) is 1. The maximum absolute atomic E-state index is 4.69. The van der Waals surface area contributed by atoms with Gasteiger partial charge in [0.05, 0.1) is 0 Å². The van der Waals surface area contributed by atoms with Crippen molar-refractivity contribution in [1.82, 2.24) is 9.97 Å². The monoisotopic (exact) mass is 269 g/mol. The van der Waals surface area contributed by atoms with E-state index in [0.717, 1.165) is 36.7 Å². The summed E-state index contributed by atoms with van der Waals surface area (Å²) < 4.78 is 0. The van der Waals surface area contributed by atoms with Gasteiger partial charge in [-0.15, -0.1) is 0 Å². The van der Waals surface area contributed by atoms with Crippen molar-refractivity contribution in [3.8, 4) is 0 Å². The highest BCUT2D eigenvalue weighted by Gasteiger charge is 2.10. The molecule has 0 radical (unpaired) electrons. The van der Waals surface area contributed by atoms with Crippen molar-refractivity contribution in [2.45, 2.75) is 40.5 Å². The molecular weight excluding hydrogens is 246 g/mol. The summed E-state index contributed by atoms with van der Waals surface area (Å²) in [7, 11) is 0. The van der Waals surface area contributed by atoms with Gasteiger partial charge in [-0.25, -0.2) is 9.97 Å². The molecule has 0 unspecified atom stereocenters. The lowest BCUT2D eigenvalue weighted by Crippen LogP contribution is -2.10. The van der Waals surface area contributed by atoms with Crippen LogP contribution in [-0.4, -0.2) is 16.5 Å². The molecule has 2 rings (SSSR count). The van der Waals surface area contributed by atoms with Gasteiger partial charge in [0.25, 0.3) is 0 Å². The molecule has 1 aromatic heterocycles. The lowest BCUT2D eigenvalue weighted by Gasteiger charge is -2.13. The maximum atomic E-state index is 4.69. The minimum atomic E-state index is 0.781. The van der Waals surface area contributed by atoms with Gasteiger partial charge in [0.1, 0.15) is 11.6 Å². The van der Waals surface area contributed by atoms with Crippen LogP contribution in [0.5, 0.6) is 0 Å². The van der Waals surface area contributed by atoms with Crippen LogP contribution in [0.15, 0.2) is 24.3 Å². The summed E-state index contributed by atoms with van der Waals surface area (Å²) in [6.07, 6.45) is 1.74. The van der Waals surface area contributed by atoms with E-state index in [-0.39, 0.29) is 0 Å². The number of hydrogen-bond acceptors (Lipinski definition) is 3. The predicted molar refractivity (Wildman–Crippen MR) is 84.3 cm³/mol. The Morgan fingerprint density at radius 1 is 1.00 bits per heavy atom. The van der Waals surface area contributed by atoms with Gasteiger partial charge in [-0.3, -0.25) is 0 Å². The molecule has 0 fully saturated rings. The highest BCUT2D eigenvalue weighted by Crippen LogP contribution is 2.18. The SMILES string of the molecule is CCNc1nc(Cc2ccc(C)cc2)nc(C)c1CC. The van der Waals surface area contributed by atoms with Crippen LogP contribution in [0.2, 0.25) is 0 Å². The molecule has 0 saturated heterocycles. The van der Waals surface area contributed by atoms with Gasteiger partial charge < -0.3 is 5.32 Å². The average Bonchev–Trinajstić information content (AvgIpc) is 2.42. The third-order valence-electron chi connectivity index (χ3n) is 3.44. The summed E-state index contributed by atoms with van der Waals surface area (Å²) in [5.74, 6) is 1.88. The molecule has 3 nitrogen and oxygen atoms in total. The van der Waals surface area contributed by atoms with Gasteiger partial charge in [0, 0.05) is 24.2 Å². The number of nitrogens with zero attached hydrogens (tertiary/aromatic N) is 2. The Labute approximate surface area is 121 Å². The van der Waals surface area contributed by atoms with E-state index in [2.05, 4.69) is 67.2 Å². The van der Waals surface area contributed by atoms with Crippen molar-refractivity contribution in [3.05, 3.63) is 52.5 Å². The van der Waals surface area contributed by atoms with Crippen molar-refractivity contribution in [2.75, 3.05) is 11.9 Å². The first-order valence-electron chi connectivity index (χ1n) is 7.29. The van der Waals surface area contributed by atoms with E-state index in [0.29, 0.717) is 0 Å². The van der Waals surface area contributed by atoms with Gasteiger partial charge in [0.2, 0.25) is 0 Å². The minimum Gasteiger partial charge on any atom is -0.370 e. The molecule has 106 valence electrons. The summed E-state index contributed by atoms with van der Waals surface area (Å²) in [6.45, 7) is 9.29. The zero-order valence-electron chi connectivity index (χ0n) is 12.8. The highest BCUT2D eigenvalue weighted by molar-refractivity contribution is 5.46. The van der Waals surface area contributed by atoms with Crippen LogP contribution >= 0.6 is 0 Å². The van der Waals surface area contributed by atoms with Gasteiger partial charge >= 0.3 is 0 Å². The highest BCUT2D eigenvalue weighted by atomic mass is 15.0. The molecule has 2 aromatic rings. The van der Waals surface area contributed by atoms with Crippen LogP contribution in [0, 0.1) is 13.8 Å². The molecule has 0 bridgehead atoms. The quantitative estimate of drug-likeness (QED) is 0.899. The van der Waals surface area contributed by atoms with E-state index in [1.165, 1.54) is 16.7 Å². The van der Waals surface area contributed by atoms with E-state index >= 15 is 0 Å². The second kappa shape index (κ2) is 6.51. The predicted octanol–water partition coefficient (Wildman–Crippen LogP) is 3.68. The molecule has 1 heterocycles. The largest absolute Gasteiger partial charge is 0.370 e. The summed E-state index contributed by atoms with van der Waals surface area (Å²) >= 11 is 0. The second-order valence-corrected chi connectivity index (χ2v) is 5.10. The van der Waals surface area contributed by atoms with E-state index in [9.17, 15) is 0 Å². The van der Waals surface area contributed by atoms with Crippen LogP contribution in [-0.2, 0) is 12.8 Å². The van der Waals surface area contributed by atoms with E-state index in [1.807, 2.05) is 0 Å². The number of aryl methyl sites for hydroxylation is 2. The Morgan fingerprint density at radius 3 is 2.30 bits per heavy atom. The third kappa shape index (κ3) is 3.35. The summed E-state index contributed by atoms with van der Waals surface area (Å²) in [5.41, 5.74) is 4.84. The molecule has 0 spiro atoms. The zero-order chi connectivity index (χ0) is 14.5. The first kappa shape index (κ1) is 14.5. The van der Waals surface area contributed by atoms with Crippen LogP contribution in [0.3, 0.4) is 0 Å². The van der Waals surface area contributed by atoms with E-state index < -0.39 is 0 Å². The molecule has 20 heavy (non-hydrogen) atoms. The molecule has 3 heteroatoms. The molecule has 0 amide bonds. The van der Waals surface area contributed by atoms with E-state index in [1.54, 1.807) is 0 Å². The van der Waals surface area contributed by atoms with Gasteiger partial charge in [0.15, 0.2) is 0 Å². The fourth-order valence-electron chi connectivity index (χ4n) is 2.36. The van der Waals surface area contributed by atoms with Crippen LogP contribution in [0.25, 0.3) is 0 Å². The molecule has 0 atom stereocenters. The van der Waals surface area contributed by atoms with Crippen molar-refractivity contribution in [1.29, 1.82) is 0 Å². The lowest BCUT2D eigenvalue weighted by atomic mass is 10.1. The Bertz CT molecular complexity index is 574. The number of nitrogens with one attached hydrogen (secondary N) is 1. The van der Waals surface area contributed by atoms with Gasteiger partial charge in [-0.2, -0.15) is 0 Å². The van der Waals surface area contributed by atoms with Crippen molar-refractivity contribution >= 4 is 5.82 Å². The Kier molecular flexibility index (Phi) is 4.72. The van der Waals surface area contributed by atoms with Crippen LogP contribution in [0.1, 0.15) is 42.1 Å². The van der Waals surface area contributed by atoms with E-state index in [4.69, 9.17) is 0 Å². The fraction of sp³-hybridized carbons (Fsp3) is 0.412. The van der Waals surface area contributed by atoms with Crippen LogP contribution < -0.4 is 5.32 Å². The zero-order valence-corrected chi connectivity index (χ0v) is 12.8. The molecule has 0 aliphatic rings. The Morgan fingerprint density at radius 2 is 1.70 bits per heavy atom. The lowest BCUT2D eigenvalue weighted by molar-refractivity contribution is 0.901. The smallest absolute Gasteiger partial charge is 0.135 e. The van der Waals surface area contributed by atoms with Crippen molar-refractivity contribution in [2.24, 2.45) is 0 Å². The topological polar surface area (TPSA) is 37.8 Å². The van der Waals surface area contributed by atoms with Crippen LogP contribution in [0.4, 0.5) is 5.82 Å². The molecule has 1 aromatic carbocycles. The summed E-state index contributed by atoms with van der Waals surface area (Å²) in [4.78, 5) is 9.34. The molecule has 0 saturated carbocycles.